The number of rotatable bonds is 6. The van der Waals surface area contributed by atoms with Crippen molar-refractivity contribution in [3.63, 3.8) is 0 Å². The number of hydrogen-bond donors (Lipinski definition) is 2. The molecule has 0 spiro atoms. The number of hydrogen-bond acceptors (Lipinski definition) is 4. The van der Waals surface area contributed by atoms with Gasteiger partial charge in [0.25, 0.3) is 0 Å². The Morgan fingerprint density at radius 3 is 2.30 bits per heavy atom. The predicted molar refractivity (Wildman–Crippen MR) is 107 cm³/mol. The predicted octanol–water partition coefficient (Wildman–Crippen LogP) is 4.08. The van der Waals surface area contributed by atoms with E-state index < -0.39 is 0 Å². The molecule has 1 heterocycles. The Labute approximate surface area is 161 Å². The van der Waals surface area contributed by atoms with E-state index in [9.17, 15) is 4.79 Å². The van der Waals surface area contributed by atoms with E-state index in [2.05, 4.69) is 24.5 Å². The van der Waals surface area contributed by atoms with E-state index in [4.69, 9.17) is 9.47 Å². The zero-order valence-electron chi connectivity index (χ0n) is 16.4. The Balaban J connectivity index is 1.70. The van der Waals surface area contributed by atoms with Crippen molar-refractivity contribution in [2.45, 2.75) is 39.8 Å². The summed E-state index contributed by atoms with van der Waals surface area (Å²) < 4.78 is 11.3. The quantitative estimate of drug-likeness (QED) is 0.807. The molecule has 144 valence electrons. The van der Waals surface area contributed by atoms with Crippen LogP contribution in [0.4, 0.5) is 5.69 Å². The maximum atomic E-state index is 12.6. The molecule has 0 bridgehead atoms. The fraction of sp³-hybridized carbons (Fsp3) is 0.409. The SMILES string of the molecule is Cc1ccc(NC(=O)C(C)NC(c2ccc3c(c2)OCCO3)C(C)C)cc1. The summed E-state index contributed by atoms with van der Waals surface area (Å²) in [5.41, 5.74) is 3.06. The fourth-order valence-electron chi connectivity index (χ4n) is 3.16. The standard InChI is InChI=1S/C22H28N2O3/c1-14(2)21(17-7-10-19-20(13-17)27-12-11-26-19)23-16(4)22(25)24-18-8-5-15(3)6-9-18/h5-10,13-14,16,21,23H,11-12H2,1-4H3,(H,24,25). The molecule has 2 atom stereocenters. The molecule has 5 heteroatoms. The van der Waals surface area contributed by atoms with Gasteiger partial charge in [-0.05, 0) is 49.6 Å². The van der Waals surface area contributed by atoms with Gasteiger partial charge in [-0.25, -0.2) is 0 Å². The Kier molecular flexibility index (Phi) is 6.01. The molecule has 5 nitrogen and oxygen atoms in total. The molecule has 1 aliphatic rings. The minimum Gasteiger partial charge on any atom is -0.486 e. The summed E-state index contributed by atoms with van der Waals surface area (Å²) in [6, 6.07) is 13.5. The first kappa shape index (κ1) is 19.2. The largest absolute Gasteiger partial charge is 0.486 e. The average molecular weight is 368 g/mol. The van der Waals surface area contributed by atoms with Crippen molar-refractivity contribution in [2.24, 2.45) is 5.92 Å². The summed E-state index contributed by atoms with van der Waals surface area (Å²) in [5, 5.41) is 6.43. The summed E-state index contributed by atoms with van der Waals surface area (Å²) in [5.74, 6) is 1.80. The Hall–Kier alpha value is -2.53. The molecule has 0 saturated carbocycles. The van der Waals surface area contributed by atoms with E-state index >= 15 is 0 Å². The third kappa shape index (κ3) is 4.80. The van der Waals surface area contributed by atoms with Crippen molar-refractivity contribution in [1.82, 2.24) is 5.32 Å². The van der Waals surface area contributed by atoms with Crippen LogP contribution in [0, 0.1) is 12.8 Å². The number of fused-ring (bicyclic) bond motifs is 1. The highest BCUT2D eigenvalue weighted by atomic mass is 16.6. The minimum atomic E-state index is -0.341. The summed E-state index contributed by atoms with van der Waals surface area (Å²) in [7, 11) is 0. The van der Waals surface area contributed by atoms with Crippen LogP contribution in [0.25, 0.3) is 0 Å². The minimum absolute atomic E-state index is 0.0274. The lowest BCUT2D eigenvalue weighted by atomic mass is 9.94. The molecule has 0 saturated heterocycles. The van der Waals surface area contributed by atoms with Crippen LogP contribution in [0.15, 0.2) is 42.5 Å². The molecule has 2 aromatic rings. The van der Waals surface area contributed by atoms with Crippen LogP contribution in [0.2, 0.25) is 0 Å². The van der Waals surface area contributed by atoms with Gasteiger partial charge in [-0.1, -0.05) is 37.6 Å². The molecule has 0 fully saturated rings. The summed E-state index contributed by atoms with van der Waals surface area (Å²) >= 11 is 0. The third-order valence-corrected chi connectivity index (χ3v) is 4.73. The van der Waals surface area contributed by atoms with Gasteiger partial charge in [-0.3, -0.25) is 10.1 Å². The van der Waals surface area contributed by atoms with E-state index in [0.717, 1.165) is 28.3 Å². The van der Waals surface area contributed by atoms with Gasteiger partial charge < -0.3 is 14.8 Å². The highest BCUT2D eigenvalue weighted by Crippen LogP contribution is 2.34. The molecule has 1 amide bonds. The lowest BCUT2D eigenvalue weighted by Gasteiger charge is -2.28. The Morgan fingerprint density at radius 2 is 1.63 bits per heavy atom. The Morgan fingerprint density at radius 1 is 0.963 bits per heavy atom. The van der Waals surface area contributed by atoms with Crippen LogP contribution < -0.4 is 20.1 Å². The van der Waals surface area contributed by atoms with Crippen molar-refractivity contribution in [3.8, 4) is 11.5 Å². The zero-order valence-corrected chi connectivity index (χ0v) is 16.4. The van der Waals surface area contributed by atoms with Gasteiger partial charge in [0, 0.05) is 11.7 Å². The molecule has 0 radical (unpaired) electrons. The Bertz CT molecular complexity index is 787. The van der Waals surface area contributed by atoms with Gasteiger partial charge in [-0.2, -0.15) is 0 Å². The molecular formula is C22H28N2O3. The van der Waals surface area contributed by atoms with Crippen molar-refractivity contribution < 1.29 is 14.3 Å². The van der Waals surface area contributed by atoms with Crippen molar-refractivity contribution in [1.29, 1.82) is 0 Å². The molecule has 3 rings (SSSR count). The highest BCUT2D eigenvalue weighted by molar-refractivity contribution is 5.94. The molecule has 2 unspecified atom stereocenters. The van der Waals surface area contributed by atoms with Crippen molar-refractivity contribution in [3.05, 3.63) is 53.6 Å². The average Bonchev–Trinajstić information content (AvgIpc) is 2.67. The molecule has 1 aliphatic heterocycles. The van der Waals surface area contributed by atoms with Crippen molar-refractivity contribution >= 4 is 11.6 Å². The van der Waals surface area contributed by atoms with E-state index in [1.165, 1.54) is 0 Å². The van der Waals surface area contributed by atoms with E-state index in [1.807, 2.05) is 56.3 Å². The maximum absolute atomic E-state index is 12.6. The van der Waals surface area contributed by atoms with Gasteiger partial charge in [0.2, 0.25) is 5.91 Å². The van der Waals surface area contributed by atoms with Gasteiger partial charge in [0.15, 0.2) is 11.5 Å². The summed E-state index contributed by atoms with van der Waals surface area (Å²) in [6.07, 6.45) is 0. The highest BCUT2D eigenvalue weighted by Gasteiger charge is 2.23. The second kappa shape index (κ2) is 8.44. The van der Waals surface area contributed by atoms with Gasteiger partial charge in [0.1, 0.15) is 13.2 Å². The van der Waals surface area contributed by atoms with Gasteiger partial charge in [-0.15, -0.1) is 0 Å². The van der Waals surface area contributed by atoms with E-state index in [-0.39, 0.29) is 18.0 Å². The van der Waals surface area contributed by atoms with Crippen LogP contribution in [0.1, 0.15) is 37.9 Å². The number of benzene rings is 2. The van der Waals surface area contributed by atoms with Gasteiger partial charge >= 0.3 is 0 Å². The number of aryl methyl sites for hydroxylation is 1. The van der Waals surface area contributed by atoms with E-state index in [0.29, 0.717) is 19.1 Å². The number of amides is 1. The number of nitrogens with one attached hydrogen (secondary N) is 2. The van der Waals surface area contributed by atoms with Crippen LogP contribution in [0.5, 0.6) is 11.5 Å². The number of carbonyl (C=O) groups is 1. The fourth-order valence-corrected chi connectivity index (χ4v) is 3.16. The maximum Gasteiger partial charge on any atom is 0.241 e. The van der Waals surface area contributed by atoms with Crippen LogP contribution in [-0.2, 0) is 4.79 Å². The number of ether oxygens (including phenoxy) is 2. The molecular weight excluding hydrogens is 340 g/mol. The molecule has 2 aromatic carbocycles. The van der Waals surface area contributed by atoms with Crippen LogP contribution in [-0.4, -0.2) is 25.2 Å². The topological polar surface area (TPSA) is 59.6 Å². The number of anilines is 1. The molecule has 2 N–H and O–H groups in total. The summed E-state index contributed by atoms with van der Waals surface area (Å²) in [4.78, 5) is 12.6. The second-order valence-corrected chi connectivity index (χ2v) is 7.37. The zero-order chi connectivity index (χ0) is 19.4. The first-order valence-corrected chi connectivity index (χ1v) is 9.47. The van der Waals surface area contributed by atoms with E-state index in [1.54, 1.807) is 0 Å². The molecule has 0 aromatic heterocycles. The lowest BCUT2D eigenvalue weighted by molar-refractivity contribution is -0.118. The third-order valence-electron chi connectivity index (χ3n) is 4.73. The normalized spacial score (nSPS) is 15.3. The molecule has 27 heavy (non-hydrogen) atoms. The van der Waals surface area contributed by atoms with Crippen LogP contribution in [0.3, 0.4) is 0 Å². The first-order valence-electron chi connectivity index (χ1n) is 9.47. The monoisotopic (exact) mass is 368 g/mol. The van der Waals surface area contributed by atoms with Crippen molar-refractivity contribution in [2.75, 3.05) is 18.5 Å². The number of carbonyl (C=O) groups excluding carboxylic acids is 1. The van der Waals surface area contributed by atoms with Crippen LogP contribution >= 0.6 is 0 Å². The first-order chi connectivity index (χ1) is 12.9. The van der Waals surface area contributed by atoms with Gasteiger partial charge in [0.05, 0.1) is 6.04 Å². The smallest absolute Gasteiger partial charge is 0.241 e. The molecule has 0 aliphatic carbocycles. The lowest BCUT2D eigenvalue weighted by Crippen LogP contribution is -2.41. The second-order valence-electron chi connectivity index (χ2n) is 7.37. The summed E-state index contributed by atoms with van der Waals surface area (Å²) in [6.45, 7) is 9.32.